The molecule has 0 heterocycles. The van der Waals surface area contributed by atoms with E-state index < -0.39 is 0 Å². The third kappa shape index (κ3) is 33.0. The Morgan fingerprint density at radius 3 is 1.13 bits per heavy atom. The van der Waals surface area contributed by atoms with Crippen molar-refractivity contribution >= 4 is 5.91 Å². The molecular formula is C36H69NO. The molecule has 2 nitrogen and oxygen atoms in total. The van der Waals surface area contributed by atoms with Gasteiger partial charge in [0.1, 0.15) is 0 Å². The SMILES string of the molecule is CCCCCCCC/C=C\CCCCCCCCNC(=O)CCCCCCC/C=C\CCCCCCCC. The number of nitrogens with one attached hydrogen (secondary N) is 1. The molecule has 0 atom stereocenters. The summed E-state index contributed by atoms with van der Waals surface area (Å²) < 4.78 is 0. The molecule has 1 N–H and O–H groups in total. The van der Waals surface area contributed by atoms with E-state index in [4.69, 9.17) is 0 Å². The van der Waals surface area contributed by atoms with E-state index in [1.54, 1.807) is 0 Å². The van der Waals surface area contributed by atoms with Crippen LogP contribution in [0.15, 0.2) is 24.3 Å². The molecule has 0 aliphatic rings. The van der Waals surface area contributed by atoms with Crippen molar-refractivity contribution < 1.29 is 4.79 Å². The zero-order valence-corrected chi connectivity index (χ0v) is 26.2. The Morgan fingerprint density at radius 2 is 0.737 bits per heavy atom. The quantitative estimate of drug-likeness (QED) is 0.0699. The van der Waals surface area contributed by atoms with Crippen molar-refractivity contribution in [2.45, 2.75) is 194 Å². The zero-order chi connectivity index (χ0) is 27.6. The Morgan fingerprint density at radius 1 is 0.421 bits per heavy atom. The van der Waals surface area contributed by atoms with Crippen LogP contribution in [0.2, 0.25) is 0 Å². The molecule has 1 amide bonds. The second kappa shape index (κ2) is 34.0. The van der Waals surface area contributed by atoms with Crippen molar-refractivity contribution in [1.29, 1.82) is 0 Å². The number of carbonyl (C=O) groups excluding carboxylic acids is 1. The molecule has 0 fully saturated rings. The van der Waals surface area contributed by atoms with Crippen LogP contribution in [0.25, 0.3) is 0 Å². The summed E-state index contributed by atoms with van der Waals surface area (Å²) in [6.07, 6.45) is 45.8. The van der Waals surface area contributed by atoms with Crippen molar-refractivity contribution in [3.8, 4) is 0 Å². The Labute approximate surface area is 240 Å². The summed E-state index contributed by atoms with van der Waals surface area (Å²) >= 11 is 0. The molecule has 0 spiro atoms. The first kappa shape index (κ1) is 37.0. The van der Waals surface area contributed by atoms with Gasteiger partial charge < -0.3 is 5.32 Å². The van der Waals surface area contributed by atoms with E-state index in [0.29, 0.717) is 6.42 Å². The van der Waals surface area contributed by atoms with E-state index in [0.717, 1.165) is 19.4 Å². The Hall–Kier alpha value is -1.05. The van der Waals surface area contributed by atoms with Gasteiger partial charge in [0.2, 0.25) is 5.91 Å². The van der Waals surface area contributed by atoms with Gasteiger partial charge in [-0.15, -0.1) is 0 Å². The molecule has 38 heavy (non-hydrogen) atoms. The fourth-order valence-electron chi connectivity index (χ4n) is 5.05. The number of allylic oxidation sites excluding steroid dienone is 4. The van der Waals surface area contributed by atoms with Crippen molar-refractivity contribution in [2.75, 3.05) is 6.54 Å². The number of hydrogen-bond acceptors (Lipinski definition) is 1. The Kier molecular flexibility index (Phi) is 33.0. The maximum absolute atomic E-state index is 12.0. The highest BCUT2D eigenvalue weighted by Gasteiger charge is 2.00. The monoisotopic (exact) mass is 532 g/mol. The lowest BCUT2D eigenvalue weighted by Crippen LogP contribution is -2.23. The first-order valence-corrected chi connectivity index (χ1v) is 17.4. The van der Waals surface area contributed by atoms with Crippen LogP contribution in [-0.2, 0) is 4.79 Å². The number of rotatable bonds is 31. The average Bonchev–Trinajstić information content (AvgIpc) is 2.92. The lowest BCUT2D eigenvalue weighted by atomic mass is 10.1. The first-order valence-electron chi connectivity index (χ1n) is 17.4. The van der Waals surface area contributed by atoms with Crippen LogP contribution < -0.4 is 5.32 Å². The lowest BCUT2D eigenvalue weighted by Gasteiger charge is -2.05. The summed E-state index contributed by atoms with van der Waals surface area (Å²) in [5.74, 6) is 0.260. The van der Waals surface area contributed by atoms with Gasteiger partial charge in [-0.25, -0.2) is 0 Å². The molecule has 0 saturated heterocycles. The van der Waals surface area contributed by atoms with Crippen LogP contribution in [-0.4, -0.2) is 12.5 Å². The van der Waals surface area contributed by atoms with Crippen LogP contribution in [0.4, 0.5) is 0 Å². The van der Waals surface area contributed by atoms with Gasteiger partial charge in [-0.1, -0.05) is 147 Å². The summed E-state index contributed by atoms with van der Waals surface area (Å²) in [5, 5.41) is 3.12. The molecule has 0 unspecified atom stereocenters. The average molecular weight is 532 g/mol. The highest BCUT2D eigenvalue weighted by molar-refractivity contribution is 5.75. The van der Waals surface area contributed by atoms with E-state index in [-0.39, 0.29) is 5.91 Å². The molecule has 0 radical (unpaired) electrons. The number of hydrogen-bond donors (Lipinski definition) is 1. The minimum Gasteiger partial charge on any atom is -0.356 e. The number of amides is 1. The molecule has 0 aromatic carbocycles. The molecule has 0 aliphatic heterocycles. The molecule has 0 bridgehead atoms. The number of carbonyl (C=O) groups is 1. The molecule has 0 aromatic rings. The molecular weight excluding hydrogens is 462 g/mol. The van der Waals surface area contributed by atoms with Crippen LogP contribution in [0.3, 0.4) is 0 Å². The van der Waals surface area contributed by atoms with Gasteiger partial charge in [0.15, 0.2) is 0 Å². The predicted molar refractivity (Wildman–Crippen MR) is 172 cm³/mol. The van der Waals surface area contributed by atoms with Crippen LogP contribution in [0, 0.1) is 0 Å². The number of unbranched alkanes of at least 4 members (excludes halogenated alkanes) is 23. The summed E-state index contributed by atoms with van der Waals surface area (Å²) in [5.41, 5.74) is 0. The van der Waals surface area contributed by atoms with Gasteiger partial charge >= 0.3 is 0 Å². The fourth-order valence-corrected chi connectivity index (χ4v) is 5.05. The lowest BCUT2D eigenvalue weighted by molar-refractivity contribution is -0.121. The molecule has 2 heteroatoms. The van der Waals surface area contributed by atoms with Gasteiger partial charge in [0.25, 0.3) is 0 Å². The van der Waals surface area contributed by atoms with E-state index in [9.17, 15) is 4.79 Å². The summed E-state index contributed by atoms with van der Waals surface area (Å²) in [4.78, 5) is 12.0. The van der Waals surface area contributed by atoms with E-state index >= 15 is 0 Å². The predicted octanol–water partition coefficient (Wildman–Crippen LogP) is 12.2. The Bertz CT molecular complexity index is 509. The zero-order valence-electron chi connectivity index (χ0n) is 26.2. The van der Waals surface area contributed by atoms with Gasteiger partial charge in [0.05, 0.1) is 0 Å². The summed E-state index contributed by atoms with van der Waals surface area (Å²) in [6, 6.07) is 0. The van der Waals surface area contributed by atoms with Gasteiger partial charge in [-0.05, 0) is 64.2 Å². The molecule has 0 aliphatic carbocycles. The standard InChI is InChI=1S/C36H69NO/c1-3-5-7-9-11-13-15-17-19-21-23-25-27-29-31-33-35-37-36(38)34-32-30-28-26-24-22-20-18-16-14-12-10-8-6-4-2/h17-20H,3-16,21-35H2,1-2H3,(H,37,38)/b19-17-,20-18-. The fraction of sp³-hybridized carbons (Fsp3) is 0.861. The topological polar surface area (TPSA) is 29.1 Å². The second-order valence-electron chi connectivity index (χ2n) is 11.6. The maximum Gasteiger partial charge on any atom is 0.219 e. The van der Waals surface area contributed by atoms with Crippen LogP contribution >= 0.6 is 0 Å². The molecule has 224 valence electrons. The van der Waals surface area contributed by atoms with Gasteiger partial charge in [-0.2, -0.15) is 0 Å². The highest BCUT2D eigenvalue weighted by atomic mass is 16.1. The van der Waals surface area contributed by atoms with Gasteiger partial charge in [-0.3, -0.25) is 4.79 Å². The van der Waals surface area contributed by atoms with Crippen molar-refractivity contribution in [3.05, 3.63) is 24.3 Å². The normalized spacial score (nSPS) is 11.7. The van der Waals surface area contributed by atoms with E-state index in [1.165, 1.54) is 161 Å². The van der Waals surface area contributed by atoms with Crippen molar-refractivity contribution in [2.24, 2.45) is 0 Å². The maximum atomic E-state index is 12.0. The largest absolute Gasteiger partial charge is 0.356 e. The van der Waals surface area contributed by atoms with E-state index in [2.05, 4.69) is 43.5 Å². The molecule has 0 aromatic heterocycles. The van der Waals surface area contributed by atoms with Crippen molar-refractivity contribution in [1.82, 2.24) is 5.32 Å². The Balaban J connectivity index is 3.23. The molecule has 0 rings (SSSR count). The third-order valence-electron chi connectivity index (χ3n) is 7.68. The summed E-state index contributed by atoms with van der Waals surface area (Å²) in [7, 11) is 0. The van der Waals surface area contributed by atoms with Crippen LogP contribution in [0.5, 0.6) is 0 Å². The first-order chi connectivity index (χ1) is 18.8. The van der Waals surface area contributed by atoms with E-state index in [1.807, 2.05) is 0 Å². The highest BCUT2D eigenvalue weighted by Crippen LogP contribution is 2.11. The molecule has 0 saturated carbocycles. The summed E-state index contributed by atoms with van der Waals surface area (Å²) in [6.45, 7) is 5.43. The smallest absolute Gasteiger partial charge is 0.219 e. The van der Waals surface area contributed by atoms with Crippen LogP contribution in [0.1, 0.15) is 194 Å². The third-order valence-corrected chi connectivity index (χ3v) is 7.68. The van der Waals surface area contributed by atoms with Crippen molar-refractivity contribution in [3.63, 3.8) is 0 Å². The second-order valence-corrected chi connectivity index (χ2v) is 11.6. The minimum atomic E-state index is 0.260. The van der Waals surface area contributed by atoms with Gasteiger partial charge in [0, 0.05) is 13.0 Å². The minimum absolute atomic E-state index is 0.260.